The third kappa shape index (κ3) is 7.81. The largest absolute Gasteiger partial charge is 0.479 e. The fourth-order valence-corrected chi connectivity index (χ4v) is 4.04. The fourth-order valence-electron chi connectivity index (χ4n) is 3.81. The number of rotatable bonds is 8. The van der Waals surface area contributed by atoms with Gasteiger partial charge in [-0.05, 0) is 18.2 Å². The smallest absolute Gasteiger partial charge is 0.335 e. The zero-order valence-electron chi connectivity index (χ0n) is 17.2. The van der Waals surface area contributed by atoms with E-state index in [1.165, 1.54) is 18.6 Å². The number of nitrogens with zero attached hydrogens (tertiary/aromatic N) is 1. The molecule has 0 amide bonds. The minimum Gasteiger partial charge on any atom is -0.479 e. The van der Waals surface area contributed by atoms with Gasteiger partial charge in [0.25, 0.3) is 0 Å². The molecule has 0 aromatic heterocycles. The number of aliphatic carboxylic acids is 2. The van der Waals surface area contributed by atoms with Crippen LogP contribution in [0.4, 0.5) is 4.39 Å². The molecule has 3 unspecified atom stereocenters. The highest BCUT2D eigenvalue weighted by molar-refractivity contribution is 6.31. The Balaban J connectivity index is 0.000000382. The monoisotopic (exact) mass is 449 g/mol. The van der Waals surface area contributed by atoms with Crippen LogP contribution >= 0.6 is 11.6 Å². The number of aliphatic hydroxyl groups is 2. The van der Waals surface area contributed by atoms with E-state index in [9.17, 15) is 14.0 Å². The summed E-state index contributed by atoms with van der Waals surface area (Å²) in [5.41, 5.74) is 6.89. The average molecular weight is 450 g/mol. The predicted octanol–water partition coefficient (Wildman–Crippen LogP) is 1.31. The van der Waals surface area contributed by atoms with Crippen molar-refractivity contribution in [3.8, 4) is 0 Å². The van der Waals surface area contributed by atoms with Crippen LogP contribution in [0, 0.1) is 17.7 Å². The van der Waals surface area contributed by atoms with Crippen molar-refractivity contribution in [2.75, 3.05) is 26.2 Å². The van der Waals surface area contributed by atoms with Crippen molar-refractivity contribution in [3.63, 3.8) is 0 Å². The van der Waals surface area contributed by atoms with E-state index in [4.69, 9.17) is 37.8 Å². The van der Waals surface area contributed by atoms with Crippen LogP contribution in [0.5, 0.6) is 0 Å². The van der Waals surface area contributed by atoms with Crippen molar-refractivity contribution in [2.45, 2.75) is 39.0 Å². The number of hydrogen-bond donors (Lipinski definition) is 5. The molecule has 2 rings (SSSR count). The normalized spacial score (nSPS) is 22.9. The average Bonchev–Trinajstić information content (AvgIpc) is 3.05. The number of benzene rings is 1. The molecular formula is C20H31ClFN2O6+. The standard InChI is InChI=1S/C16H25ClFN2.C4H6O6/c1-12(2)9-20(6-5-13(8-19)10-20)11-14-3-4-15(18)7-16(14)17;5-1(3(7)8)2(6)4(9)10/h3-4,7,12-13H,5-6,8-11,19H2,1-2H3;1-2,5-6H,(H,7,8)(H,9,10)/q+1;/t13-,20?;/m0./s1. The van der Waals surface area contributed by atoms with Gasteiger partial charge in [0.05, 0.1) is 24.7 Å². The van der Waals surface area contributed by atoms with Gasteiger partial charge in [-0.15, -0.1) is 0 Å². The lowest BCUT2D eigenvalue weighted by Gasteiger charge is -2.36. The fraction of sp³-hybridized carbons (Fsp3) is 0.600. The van der Waals surface area contributed by atoms with Gasteiger partial charge in [0, 0.05) is 30.4 Å². The van der Waals surface area contributed by atoms with Crippen molar-refractivity contribution < 1.29 is 38.9 Å². The first-order chi connectivity index (χ1) is 13.9. The van der Waals surface area contributed by atoms with Crippen molar-refractivity contribution in [1.29, 1.82) is 0 Å². The highest BCUT2D eigenvalue weighted by Gasteiger charge is 2.38. The molecular weight excluding hydrogens is 419 g/mol. The van der Waals surface area contributed by atoms with Gasteiger partial charge in [-0.3, -0.25) is 0 Å². The molecule has 0 bridgehead atoms. The Morgan fingerprint density at radius 3 is 2.20 bits per heavy atom. The number of carboxylic acid groups (broad SMARTS) is 2. The second kappa shape index (κ2) is 11.6. The van der Waals surface area contributed by atoms with Crippen LogP contribution in [0.15, 0.2) is 18.2 Å². The first kappa shape index (κ1) is 26.3. The molecule has 0 aliphatic carbocycles. The van der Waals surface area contributed by atoms with E-state index in [1.807, 2.05) is 6.07 Å². The quantitative estimate of drug-likeness (QED) is 0.377. The molecule has 1 heterocycles. The van der Waals surface area contributed by atoms with Gasteiger partial charge in [0.15, 0.2) is 12.2 Å². The van der Waals surface area contributed by atoms with E-state index in [-0.39, 0.29) is 5.82 Å². The van der Waals surface area contributed by atoms with E-state index < -0.39 is 24.1 Å². The molecule has 1 aliphatic rings. The first-order valence-corrected chi connectivity index (χ1v) is 10.1. The highest BCUT2D eigenvalue weighted by atomic mass is 35.5. The second-order valence-electron chi connectivity index (χ2n) is 8.17. The number of nitrogens with two attached hydrogens (primary N) is 1. The Morgan fingerprint density at radius 2 is 1.80 bits per heavy atom. The minimum atomic E-state index is -2.27. The Morgan fingerprint density at radius 1 is 1.23 bits per heavy atom. The summed E-state index contributed by atoms with van der Waals surface area (Å²) in [7, 11) is 0. The maximum atomic E-state index is 13.2. The van der Waals surface area contributed by atoms with Crippen LogP contribution in [0.2, 0.25) is 5.02 Å². The number of carboxylic acids is 2. The van der Waals surface area contributed by atoms with Gasteiger partial charge in [0.2, 0.25) is 0 Å². The molecule has 10 heteroatoms. The topological polar surface area (TPSA) is 141 Å². The molecule has 4 atom stereocenters. The van der Waals surface area contributed by atoms with Crippen LogP contribution in [-0.2, 0) is 16.1 Å². The number of aliphatic hydroxyl groups excluding tert-OH is 2. The van der Waals surface area contributed by atoms with Gasteiger partial charge >= 0.3 is 11.9 Å². The minimum absolute atomic E-state index is 0.268. The van der Waals surface area contributed by atoms with Crippen LogP contribution < -0.4 is 5.73 Å². The van der Waals surface area contributed by atoms with E-state index in [2.05, 4.69) is 13.8 Å². The summed E-state index contributed by atoms with van der Waals surface area (Å²) >= 11 is 6.20. The molecule has 1 aromatic rings. The van der Waals surface area contributed by atoms with Gasteiger partial charge in [-0.25, -0.2) is 14.0 Å². The third-order valence-corrected chi connectivity index (χ3v) is 5.42. The summed E-state index contributed by atoms with van der Waals surface area (Å²) in [5.74, 6) is -2.57. The summed E-state index contributed by atoms with van der Waals surface area (Å²) in [6.07, 6.45) is -3.35. The summed E-state index contributed by atoms with van der Waals surface area (Å²) in [4.78, 5) is 19.5. The number of halogens is 2. The van der Waals surface area contributed by atoms with Gasteiger partial charge in [-0.1, -0.05) is 25.4 Å². The van der Waals surface area contributed by atoms with E-state index in [0.717, 1.165) is 42.8 Å². The summed E-state index contributed by atoms with van der Waals surface area (Å²) in [5, 5.41) is 33.1. The Kier molecular flexibility index (Phi) is 10.1. The van der Waals surface area contributed by atoms with Crippen molar-refractivity contribution in [2.24, 2.45) is 17.6 Å². The SMILES string of the molecule is CC(C)C[N+]1(Cc2ccc(F)cc2Cl)CC[C@@H](CN)C1.O=C(O)C(O)C(O)C(=O)O. The molecule has 8 nitrogen and oxygen atoms in total. The molecule has 6 N–H and O–H groups in total. The lowest BCUT2D eigenvalue weighted by atomic mass is 10.1. The molecule has 0 radical (unpaired) electrons. The van der Waals surface area contributed by atoms with E-state index in [0.29, 0.717) is 16.9 Å². The van der Waals surface area contributed by atoms with Crippen LogP contribution in [0.25, 0.3) is 0 Å². The van der Waals surface area contributed by atoms with E-state index >= 15 is 0 Å². The van der Waals surface area contributed by atoms with Crippen molar-refractivity contribution in [1.82, 2.24) is 0 Å². The molecule has 0 spiro atoms. The zero-order valence-corrected chi connectivity index (χ0v) is 17.9. The predicted molar refractivity (Wildman–Crippen MR) is 109 cm³/mol. The molecule has 1 aliphatic heterocycles. The third-order valence-electron chi connectivity index (χ3n) is 5.07. The summed E-state index contributed by atoms with van der Waals surface area (Å²) < 4.78 is 14.2. The van der Waals surface area contributed by atoms with Crippen molar-refractivity contribution >= 4 is 23.5 Å². The van der Waals surface area contributed by atoms with Gasteiger partial charge in [0.1, 0.15) is 12.4 Å². The molecule has 1 saturated heterocycles. The van der Waals surface area contributed by atoms with Crippen LogP contribution in [0.1, 0.15) is 25.8 Å². The maximum Gasteiger partial charge on any atom is 0.335 e. The van der Waals surface area contributed by atoms with Crippen LogP contribution in [0.3, 0.4) is 0 Å². The molecule has 170 valence electrons. The number of likely N-dealkylation sites (tertiary alicyclic amines) is 1. The molecule has 1 fully saturated rings. The lowest BCUT2D eigenvalue weighted by molar-refractivity contribution is -0.933. The number of hydrogen-bond acceptors (Lipinski definition) is 5. The van der Waals surface area contributed by atoms with E-state index in [1.54, 1.807) is 0 Å². The molecule has 1 aromatic carbocycles. The van der Waals surface area contributed by atoms with Crippen molar-refractivity contribution in [3.05, 3.63) is 34.6 Å². The molecule has 30 heavy (non-hydrogen) atoms. The number of carbonyl (C=O) groups is 2. The van der Waals surface area contributed by atoms with Gasteiger partial charge in [-0.2, -0.15) is 0 Å². The zero-order chi connectivity index (χ0) is 23.1. The summed E-state index contributed by atoms with van der Waals surface area (Å²) in [6.45, 7) is 9.54. The molecule has 0 saturated carbocycles. The highest BCUT2D eigenvalue weighted by Crippen LogP contribution is 2.31. The summed E-state index contributed by atoms with van der Waals surface area (Å²) in [6, 6.07) is 4.75. The first-order valence-electron chi connectivity index (χ1n) is 9.71. The Hall–Kier alpha value is -1.78. The maximum absolute atomic E-state index is 13.2. The van der Waals surface area contributed by atoms with Crippen LogP contribution in [-0.4, -0.2) is 75.2 Å². The second-order valence-corrected chi connectivity index (χ2v) is 8.58. The Bertz CT molecular complexity index is 717. The van der Waals surface area contributed by atoms with Gasteiger partial charge < -0.3 is 30.6 Å². The number of quaternary nitrogens is 1. The lowest BCUT2D eigenvalue weighted by Crippen LogP contribution is -2.48. The Labute approximate surface area is 180 Å².